The van der Waals surface area contributed by atoms with Crippen LogP contribution in [-0.2, 0) is 25.0 Å². The zero-order valence-corrected chi connectivity index (χ0v) is 12.5. The van der Waals surface area contributed by atoms with Gasteiger partial charge in [0.25, 0.3) is 0 Å². The van der Waals surface area contributed by atoms with Crippen LogP contribution in [0.1, 0.15) is 25.3 Å². The van der Waals surface area contributed by atoms with Crippen LogP contribution in [0, 0.1) is 0 Å². The van der Waals surface area contributed by atoms with Gasteiger partial charge in [0, 0.05) is 10.7 Å². The van der Waals surface area contributed by atoms with Gasteiger partial charge in [0.05, 0.1) is 7.11 Å². The van der Waals surface area contributed by atoms with Crippen LogP contribution >= 0.6 is 10.7 Å². The van der Waals surface area contributed by atoms with E-state index in [-0.39, 0.29) is 6.42 Å². The lowest BCUT2D eigenvalue weighted by Crippen LogP contribution is -2.42. The highest BCUT2D eigenvalue weighted by atomic mass is 35.7. The number of carbonyl (C=O) groups excluding carboxylic acids is 1. The lowest BCUT2D eigenvalue weighted by atomic mass is 10.0. The molecule has 0 fully saturated rings. The highest BCUT2D eigenvalue weighted by molar-refractivity contribution is 8.15. The highest BCUT2D eigenvalue weighted by Gasteiger charge is 2.46. The van der Waals surface area contributed by atoms with Gasteiger partial charge in [0.15, 0.2) is 4.75 Å². The van der Waals surface area contributed by atoms with Gasteiger partial charge in [-0.25, -0.2) is 8.42 Å². The molecule has 0 spiro atoms. The van der Waals surface area contributed by atoms with E-state index in [1.807, 2.05) is 30.3 Å². The molecule has 1 atom stereocenters. The molecule has 0 radical (unpaired) electrons. The van der Waals surface area contributed by atoms with Gasteiger partial charge >= 0.3 is 5.97 Å². The van der Waals surface area contributed by atoms with Crippen LogP contribution in [0.5, 0.6) is 0 Å². The van der Waals surface area contributed by atoms with Gasteiger partial charge in [-0.2, -0.15) is 0 Å². The van der Waals surface area contributed by atoms with Gasteiger partial charge in [-0.1, -0.05) is 30.3 Å². The van der Waals surface area contributed by atoms with Gasteiger partial charge in [0.1, 0.15) is 0 Å². The Morgan fingerprint density at radius 2 is 1.89 bits per heavy atom. The summed E-state index contributed by atoms with van der Waals surface area (Å²) in [5, 5.41) is 0. The number of halogens is 1. The van der Waals surface area contributed by atoms with Crippen LogP contribution in [-0.4, -0.2) is 26.2 Å². The third-order valence-electron chi connectivity index (χ3n) is 3.12. The standard InChI is InChI=1S/C13H17ClO4S/c1-13(12(15)18-2,19(14,16)17)10-6-9-11-7-4-3-5-8-11/h3-5,7-8H,6,9-10H2,1-2H3. The predicted molar refractivity (Wildman–Crippen MR) is 74.6 cm³/mol. The smallest absolute Gasteiger partial charge is 0.328 e. The predicted octanol–water partition coefficient (Wildman–Crippen LogP) is 2.51. The minimum Gasteiger partial charge on any atom is -0.468 e. The number of esters is 1. The molecule has 0 aliphatic rings. The van der Waals surface area contributed by atoms with Crippen molar-refractivity contribution in [3.63, 3.8) is 0 Å². The molecule has 0 heterocycles. The molecule has 0 aromatic heterocycles. The summed E-state index contributed by atoms with van der Waals surface area (Å²) >= 11 is 0. The van der Waals surface area contributed by atoms with E-state index >= 15 is 0 Å². The quantitative estimate of drug-likeness (QED) is 0.598. The number of methoxy groups -OCH3 is 1. The lowest BCUT2D eigenvalue weighted by Gasteiger charge is -2.22. The molecular formula is C13H17ClO4S. The molecule has 4 nitrogen and oxygen atoms in total. The summed E-state index contributed by atoms with van der Waals surface area (Å²) in [6.45, 7) is 1.30. The van der Waals surface area contributed by atoms with Crippen molar-refractivity contribution in [2.75, 3.05) is 7.11 Å². The molecule has 0 aliphatic heterocycles. The maximum Gasteiger partial charge on any atom is 0.328 e. The monoisotopic (exact) mass is 304 g/mol. The van der Waals surface area contributed by atoms with E-state index in [1.165, 1.54) is 6.92 Å². The van der Waals surface area contributed by atoms with Crippen LogP contribution in [0.2, 0.25) is 0 Å². The molecule has 19 heavy (non-hydrogen) atoms. The Balaban J connectivity index is 2.73. The van der Waals surface area contributed by atoms with E-state index in [9.17, 15) is 13.2 Å². The van der Waals surface area contributed by atoms with Gasteiger partial charge in [-0.15, -0.1) is 0 Å². The normalized spacial score (nSPS) is 14.7. The number of hydrogen-bond donors (Lipinski definition) is 0. The minimum absolute atomic E-state index is 0.125. The number of benzene rings is 1. The number of ether oxygens (including phenoxy) is 1. The molecule has 0 N–H and O–H groups in total. The third-order valence-corrected chi connectivity index (χ3v) is 5.59. The Morgan fingerprint density at radius 1 is 1.32 bits per heavy atom. The lowest BCUT2D eigenvalue weighted by molar-refractivity contribution is -0.143. The summed E-state index contributed by atoms with van der Waals surface area (Å²) in [6, 6.07) is 9.63. The summed E-state index contributed by atoms with van der Waals surface area (Å²) in [5.74, 6) is -0.824. The van der Waals surface area contributed by atoms with Crippen LogP contribution in [0.15, 0.2) is 30.3 Å². The minimum atomic E-state index is -4.03. The molecule has 1 aromatic rings. The Labute approximate surface area is 118 Å². The van der Waals surface area contributed by atoms with Crippen molar-refractivity contribution in [3.05, 3.63) is 35.9 Å². The second kappa shape index (κ2) is 6.39. The maximum absolute atomic E-state index is 11.6. The Kier molecular flexibility index (Phi) is 5.38. The van der Waals surface area contributed by atoms with Crippen molar-refractivity contribution in [1.82, 2.24) is 0 Å². The van der Waals surface area contributed by atoms with Gasteiger partial charge in [-0.05, 0) is 31.7 Å². The first-order chi connectivity index (χ1) is 8.81. The van der Waals surface area contributed by atoms with Crippen molar-refractivity contribution in [2.24, 2.45) is 0 Å². The first-order valence-corrected chi connectivity index (χ1v) is 8.19. The van der Waals surface area contributed by atoms with Crippen LogP contribution in [0.3, 0.4) is 0 Å². The fraction of sp³-hybridized carbons (Fsp3) is 0.462. The van der Waals surface area contributed by atoms with E-state index < -0.39 is 19.8 Å². The number of carbonyl (C=O) groups is 1. The van der Waals surface area contributed by atoms with Crippen molar-refractivity contribution in [2.45, 2.75) is 30.9 Å². The SMILES string of the molecule is COC(=O)C(C)(CCCc1ccccc1)S(=O)(=O)Cl. The van der Waals surface area contributed by atoms with Crippen LogP contribution in [0.4, 0.5) is 0 Å². The Morgan fingerprint density at radius 3 is 2.37 bits per heavy atom. The van der Waals surface area contributed by atoms with Gasteiger partial charge in [0.2, 0.25) is 9.05 Å². The average molecular weight is 305 g/mol. The third kappa shape index (κ3) is 3.94. The summed E-state index contributed by atoms with van der Waals surface area (Å²) < 4.78 is 26.0. The molecule has 0 aliphatic carbocycles. The van der Waals surface area contributed by atoms with Crippen LogP contribution < -0.4 is 0 Å². The molecule has 1 aromatic carbocycles. The fourth-order valence-electron chi connectivity index (χ4n) is 1.81. The summed E-state index contributed by atoms with van der Waals surface area (Å²) in [6.07, 6.45) is 1.34. The molecule has 1 rings (SSSR count). The van der Waals surface area contributed by atoms with Gasteiger partial charge < -0.3 is 4.74 Å². The summed E-state index contributed by atoms with van der Waals surface area (Å²) in [5.41, 5.74) is 1.08. The Bertz CT molecular complexity index is 527. The van der Waals surface area contributed by atoms with Crippen molar-refractivity contribution in [3.8, 4) is 0 Å². The first-order valence-electron chi connectivity index (χ1n) is 5.88. The number of aryl methyl sites for hydroxylation is 1. The summed E-state index contributed by atoms with van der Waals surface area (Å²) in [4.78, 5) is 11.6. The maximum atomic E-state index is 11.6. The molecule has 0 saturated heterocycles. The number of hydrogen-bond acceptors (Lipinski definition) is 4. The zero-order valence-electron chi connectivity index (χ0n) is 10.9. The van der Waals surface area contributed by atoms with Crippen molar-refractivity contribution < 1.29 is 17.9 Å². The van der Waals surface area contributed by atoms with E-state index in [1.54, 1.807) is 0 Å². The Hall–Kier alpha value is -1.07. The molecule has 106 valence electrons. The molecular weight excluding hydrogens is 288 g/mol. The fourth-order valence-corrected chi connectivity index (χ4v) is 2.90. The molecule has 0 amide bonds. The number of rotatable bonds is 6. The van der Waals surface area contributed by atoms with E-state index in [0.29, 0.717) is 12.8 Å². The molecule has 0 saturated carbocycles. The molecule has 6 heteroatoms. The molecule has 1 unspecified atom stereocenters. The largest absolute Gasteiger partial charge is 0.468 e. The second-order valence-electron chi connectivity index (χ2n) is 4.50. The van der Waals surface area contributed by atoms with E-state index in [0.717, 1.165) is 12.7 Å². The highest BCUT2D eigenvalue weighted by Crippen LogP contribution is 2.29. The van der Waals surface area contributed by atoms with Crippen LogP contribution in [0.25, 0.3) is 0 Å². The second-order valence-corrected chi connectivity index (χ2v) is 7.50. The topological polar surface area (TPSA) is 60.4 Å². The zero-order chi connectivity index (χ0) is 14.5. The van der Waals surface area contributed by atoms with Crippen molar-refractivity contribution in [1.29, 1.82) is 0 Å². The van der Waals surface area contributed by atoms with Gasteiger partial charge in [-0.3, -0.25) is 4.79 Å². The first kappa shape index (κ1) is 16.0. The summed E-state index contributed by atoms with van der Waals surface area (Å²) in [7, 11) is 2.49. The van der Waals surface area contributed by atoms with E-state index in [2.05, 4.69) is 4.74 Å². The van der Waals surface area contributed by atoms with E-state index in [4.69, 9.17) is 10.7 Å². The average Bonchev–Trinajstić information content (AvgIpc) is 2.37. The molecule has 0 bridgehead atoms. The van der Waals surface area contributed by atoms with Crippen molar-refractivity contribution >= 4 is 25.7 Å².